The predicted octanol–water partition coefficient (Wildman–Crippen LogP) is 2.46. The number of nitrogen functional groups attached to an aromatic ring is 1. The molecule has 5 heteroatoms. The van der Waals surface area contributed by atoms with Crippen molar-refractivity contribution in [1.82, 2.24) is 0 Å². The molecule has 88 valence electrons. The average Bonchev–Trinajstić information content (AvgIpc) is 2.74. The summed E-state index contributed by atoms with van der Waals surface area (Å²) in [5, 5.41) is 3.17. The third-order valence-corrected chi connectivity index (χ3v) is 3.52. The van der Waals surface area contributed by atoms with Crippen molar-refractivity contribution in [3.05, 3.63) is 21.5 Å². The van der Waals surface area contributed by atoms with Crippen molar-refractivity contribution in [3.63, 3.8) is 0 Å². The smallest absolute Gasteiger partial charge is 0.138 e. The molecule has 0 aliphatic carbocycles. The number of hydrogen-bond donors (Lipinski definition) is 2. The Morgan fingerprint density at radius 2 is 2.38 bits per heavy atom. The molecule has 0 saturated carbocycles. The minimum atomic E-state index is -0.236. The fraction of sp³-hybridized carbons (Fsp3) is 0.455. The van der Waals surface area contributed by atoms with E-state index in [0.717, 1.165) is 26.2 Å². The lowest BCUT2D eigenvalue weighted by Crippen LogP contribution is -2.15. The van der Waals surface area contributed by atoms with E-state index in [1.165, 1.54) is 6.07 Å². The lowest BCUT2D eigenvalue weighted by molar-refractivity contribution is 0.187. The van der Waals surface area contributed by atoms with Gasteiger partial charge in [-0.3, -0.25) is 0 Å². The highest BCUT2D eigenvalue weighted by molar-refractivity contribution is 14.1. The van der Waals surface area contributed by atoms with Crippen molar-refractivity contribution in [2.24, 2.45) is 5.92 Å². The number of rotatable bonds is 3. The molecule has 1 heterocycles. The number of benzene rings is 1. The normalized spacial score (nSPS) is 20.0. The van der Waals surface area contributed by atoms with Crippen molar-refractivity contribution < 1.29 is 9.13 Å². The Labute approximate surface area is 108 Å². The van der Waals surface area contributed by atoms with E-state index >= 15 is 0 Å². The van der Waals surface area contributed by atoms with Gasteiger partial charge in [-0.2, -0.15) is 0 Å². The van der Waals surface area contributed by atoms with Crippen molar-refractivity contribution in [2.75, 3.05) is 30.8 Å². The van der Waals surface area contributed by atoms with Crippen LogP contribution in [-0.2, 0) is 4.74 Å². The third kappa shape index (κ3) is 2.76. The lowest BCUT2D eigenvalue weighted by atomic mass is 10.1. The molecular formula is C11H14FIN2O. The second-order valence-corrected chi connectivity index (χ2v) is 5.13. The Morgan fingerprint density at radius 1 is 1.56 bits per heavy atom. The van der Waals surface area contributed by atoms with Crippen molar-refractivity contribution >= 4 is 34.0 Å². The average molecular weight is 336 g/mol. The molecule has 2 rings (SSSR count). The van der Waals surface area contributed by atoms with Gasteiger partial charge in [0, 0.05) is 25.1 Å². The van der Waals surface area contributed by atoms with Crippen LogP contribution < -0.4 is 11.1 Å². The van der Waals surface area contributed by atoms with E-state index < -0.39 is 0 Å². The second-order valence-electron chi connectivity index (χ2n) is 3.96. The molecule has 0 amide bonds. The number of halogens is 2. The van der Waals surface area contributed by atoms with Crippen LogP contribution >= 0.6 is 22.6 Å². The molecule has 1 aliphatic rings. The zero-order valence-electron chi connectivity index (χ0n) is 8.80. The summed E-state index contributed by atoms with van der Waals surface area (Å²) < 4.78 is 19.2. The first-order valence-corrected chi connectivity index (χ1v) is 6.31. The maximum atomic E-state index is 13.3. The maximum Gasteiger partial charge on any atom is 0.138 e. The van der Waals surface area contributed by atoms with Crippen molar-refractivity contribution in [2.45, 2.75) is 6.42 Å². The van der Waals surface area contributed by atoms with Crippen LogP contribution in [0.5, 0.6) is 0 Å². The van der Waals surface area contributed by atoms with Gasteiger partial charge in [-0.25, -0.2) is 4.39 Å². The monoisotopic (exact) mass is 336 g/mol. The van der Waals surface area contributed by atoms with Crippen molar-refractivity contribution in [1.29, 1.82) is 0 Å². The fourth-order valence-corrected chi connectivity index (χ4v) is 2.21. The van der Waals surface area contributed by atoms with Gasteiger partial charge in [-0.15, -0.1) is 0 Å². The minimum Gasteiger partial charge on any atom is -0.397 e. The molecule has 0 aromatic heterocycles. The summed E-state index contributed by atoms with van der Waals surface area (Å²) in [5.41, 5.74) is 7.07. The topological polar surface area (TPSA) is 47.3 Å². The SMILES string of the molecule is Nc1cc(I)c(F)cc1NCC1CCOC1. The largest absolute Gasteiger partial charge is 0.397 e. The second kappa shape index (κ2) is 5.18. The van der Waals surface area contributed by atoms with E-state index in [0.29, 0.717) is 20.9 Å². The van der Waals surface area contributed by atoms with E-state index in [9.17, 15) is 4.39 Å². The van der Waals surface area contributed by atoms with Gasteiger partial charge in [-0.1, -0.05) is 0 Å². The summed E-state index contributed by atoms with van der Waals surface area (Å²) in [5.74, 6) is 0.265. The van der Waals surface area contributed by atoms with Crippen LogP contribution in [0.25, 0.3) is 0 Å². The van der Waals surface area contributed by atoms with E-state index in [4.69, 9.17) is 10.5 Å². The first kappa shape index (κ1) is 11.9. The van der Waals surface area contributed by atoms with Gasteiger partial charge in [0.15, 0.2) is 0 Å². The van der Waals surface area contributed by atoms with E-state index in [1.54, 1.807) is 6.07 Å². The summed E-state index contributed by atoms with van der Waals surface area (Å²) in [4.78, 5) is 0. The molecule has 1 fully saturated rings. The van der Waals surface area contributed by atoms with Crippen LogP contribution in [0.2, 0.25) is 0 Å². The molecule has 0 spiro atoms. The van der Waals surface area contributed by atoms with E-state index in [2.05, 4.69) is 5.32 Å². The molecule has 0 bridgehead atoms. The number of nitrogens with two attached hydrogens (primary N) is 1. The quantitative estimate of drug-likeness (QED) is 0.659. The van der Waals surface area contributed by atoms with Crippen LogP contribution in [0.15, 0.2) is 12.1 Å². The molecule has 1 saturated heterocycles. The minimum absolute atomic E-state index is 0.236. The Kier molecular flexibility index (Phi) is 3.86. The highest BCUT2D eigenvalue weighted by Gasteiger charge is 2.15. The Morgan fingerprint density at radius 3 is 3.06 bits per heavy atom. The Hall–Kier alpha value is -0.560. The maximum absolute atomic E-state index is 13.3. The number of ether oxygens (including phenoxy) is 1. The zero-order chi connectivity index (χ0) is 11.5. The molecule has 3 nitrogen and oxygen atoms in total. The van der Waals surface area contributed by atoms with Gasteiger partial charge in [0.05, 0.1) is 21.6 Å². The first-order chi connectivity index (χ1) is 7.66. The molecule has 1 aliphatic heterocycles. The number of hydrogen-bond acceptors (Lipinski definition) is 3. The molecule has 16 heavy (non-hydrogen) atoms. The van der Waals surface area contributed by atoms with Crippen molar-refractivity contribution in [3.8, 4) is 0 Å². The van der Waals surface area contributed by atoms with Crippen LogP contribution in [0, 0.1) is 15.3 Å². The highest BCUT2D eigenvalue weighted by atomic mass is 127. The molecule has 0 radical (unpaired) electrons. The molecule has 1 aromatic carbocycles. The van der Waals surface area contributed by atoms with Gasteiger partial charge in [0.25, 0.3) is 0 Å². The standard InChI is InChI=1S/C11H14FIN2O/c12-8-3-11(10(14)4-9(8)13)15-5-7-1-2-16-6-7/h3-4,7,15H,1-2,5-6,14H2. The highest BCUT2D eigenvalue weighted by Crippen LogP contribution is 2.24. The molecule has 1 unspecified atom stereocenters. The van der Waals surface area contributed by atoms with Gasteiger partial charge in [-0.05, 0) is 35.1 Å². The summed E-state index contributed by atoms with van der Waals surface area (Å²) in [6, 6.07) is 3.09. The summed E-state index contributed by atoms with van der Waals surface area (Å²) in [7, 11) is 0. The molecule has 3 N–H and O–H groups in total. The Balaban J connectivity index is 2.00. The summed E-state index contributed by atoms with van der Waals surface area (Å²) in [6.07, 6.45) is 1.06. The molecule has 1 aromatic rings. The zero-order valence-corrected chi connectivity index (χ0v) is 11.0. The summed E-state index contributed by atoms with van der Waals surface area (Å²) in [6.45, 7) is 2.38. The van der Waals surface area contributed by atoms with Gasteiger partial charge < -0.3 is 15.8 Å². The van der Waals surface area contributed by atoms with Crippen LogP contribution in [-0.4, -0.2) is 19.8 Å². The first-order valence-electron chi connectivity index (χ1n) is 5.23. The molecule has 1 atom stereocenters. The third-order valence-electron chi connectivity index (χ3n) is 2.70. The van der Waals surface area contributed by atoms with E-state index in [-0.39, 0.29) is 5.82 Å². The lowest BCUT2D eigenvalue weighted by Gasteiger charge is -2.13. The summed E-state index contributed by atoms with van der Waals surface area (Å²) >= 11 is 1.93. The number of anilines is 2. The Bertz CT molecular complexity index is 380. The number of nitrogens with one attached hydrogen (secondary N) is 1. The van der Waals surface area contributed by atoms with E-state index in [1.807, 2.05) is 22.6 Å². The van der Waals surface area contributed by atoms with Crippen LogP contribution in [0.3, 0.4) is 0 Å². The fourth-order valence-electron chi connectivity index (χ4n) is 1.71. The van der Waals surface area contributed by atoms with Crippen LogP contribution in [0.4, 0.5) is 15.8 Å². The molecular weight excluding hydrogens is 322 g/mol. The van der Waals surface area contributed by atoms with Gasteiger partial charge in [0.2, 0.25) is 0 Å². The van der Waals surface area contributed by atoms with Crippen LogP contribution in [0.1, 0.15) is 6.42 Å². The van der Waals surface area contributed by atoms with Gasteiger partial charge in [0.1, 0.15) is 5.82 Å². The predicted molar refractivity (Wildman–Crippen MR) is 70.9 cm³/mol. The van der Waals surface area contributed by atoms with Gasteiger partial charge >= 0.3 is 0 Å².